The maximum absolute atomic E-state index is 12.7. The lowest BCUT2D eigenvalue weighted by Gasteiger charge is -2.12. The van der Waals surface area contributed by atoms with Crippen molar-refractivity contribution in [1.29, 1.82) is 5.26 Å². The van der Waals surface area contributed by atoms with Crippen molar-refractivity contribution in [1.82, 2.24) is 0 Å². The largest absolute Gasteiger partial charge is 0.484 e. The zero-order valence-corrected chi connectivity index (χ0v) is 12.8. The number of ether oxygens (including phenoxy) is 1. The Kier molecular flexibility index (Phi) is 5.31. The highest BCUT2D eigenvalue weighted by Crippen LogP contribution is 2.33. The Balaban J connectivity index is 2.00. The number of anilines is 1. The van der Waals surface area contributed by atoms with Crippen LogP contribution in [0.15, 0.2) is 42.5 Å². The van der Waals surface area contributed by atoms with Gasteiger partial charge in [0.2, 0.25) is 0 Å². The molecule has 2 aromatic carbocycles. The topological polar surface area (TPSA) is 62.1 Å². The lowest BCUT2D eigenvalue weighted by atomic mass is 10.2. The minimum atomic E-state index is -4.54. The molecule has 1 amide bonds. The van der Waals surface area contributed by atoms with Crippen LogP contribution in [-0.4, -0.2) is 12.5 Å². The summed E-state index contributed by atoms with van der Waals surface area (Å²) in [5.41, 5.74) is -0.641. The van der Waals surface area contributed by atoms with Crippen molar-refractivity contribution in [3.8, 4) is 11.8 Å². The van der Waals surface area contributed by atoms with Crippen molar-refractivity contribution >= 4 is 23.2 Å². The molecule has 0 aliphatic carbocycles. The smallest absolute Gasteiger partial charge is 0.416 e. The summed E-state index contributed by atoms with van der Waals surface area (Å²) in [5.74, 6) is -0.320. The molecule has 0 fully saturated rings. The minimum Gasteiger partial charge on any atom is -0.484 e. The number of nitrogens with zero attached hydrogens (tertiary/aromatic N) is 1. The first-order valence-electron chi connectivity index (χ1n) is 6.59. The number of hydrogen-bond donors (Lipinski definition) is 1. The molecule has 0 unspecified atom stereocenters. The molecule has 0 saturated carbocycles. The molecule has 0 spiro atoms. The maximum atomic E-state index is 12.7. The van der Waals surface area contributed by atoms with E-state index in [9.17, 15) is 18.0 Å². The quantitative estimate of drug-likeness (QED) is 0.892. The van der Waals surface area contributed by atoms with E-state index in [2.05, 4.69) is 5.32 Å². The number of nitriles is 1. The fourth-order valence-electron chi connectivity index (χ4n) is 1.76. The molecule has 0 aliphatic heterocycles. The summed E-state index contributed by atoms with van der Waals surface area (Å²) in [6.45, 7) is -0.418. The van der Waals surface area contributed by atoms with Crippen LogP contribution in [0.25, 0.3) is 0 Å². The summed E-state index contributed by atoms with van der Waals surface area (Å²) in [6, 6.07) is 10.6. The molecule has 8 heteroatoms. The highest BCUT2D eigenvalue weighted by molar-refractivity contribution is 6.33. The van der Waals surface area contributed by atoms with E-state index in [1.807, 2.05) is 6.07 Å². The molecular formula is C16H10ClF3N2O2. The molecule has 0 saturated heterocycles. The lowest BCUT2D eigenvalue weighted by molar-refractivity contribution is -0.137. The molecule has 2 rings (SSSR count). The van der Waals surface area contributed by atoms with Gasteiger partial charge in [-0.15, -0.1) is 0 Å². The predicted molar refractivity (Wildman–Crippen MR) is 81.7 cm³/mol. The van der Waals surface area contributed by atoms with Crippen molar-refractivity contribution in [2.45, 2.75) is 6.18 Å². The van der Waals surface area contributed by atoms with Crippen LogP contribution >= 0.6 is 11.6 Å². The Morgan fingerprint density at radius 3 is 2.46 bits per heavy atom. The second-order valence-corrected chi connectivity index (χ2v) is 5.07. The second kappa shape index (κ2) is 7.23. The van der Waals surface area contributed by atoms with Gasteiger partial charge < -0.3 is 10.1 Å². The Morgan fingerprint density at radius 2 is 1.88 bits per heavy atom. The molecule has 0 radical (unpaired) electrons. The Hall–Kier alpha value is -2.72. The van der Waals surface area contributed by atoms with Crippen molar-refractivity contribution < 1.29 is 22.7 Å². The van der Waals surface area contributed by atoms with E-state index in [1.54, 1.807) is 0 Å². The summed E-state index contributed by atoms with van der Waals surface area (Å²) in [6.07, 6.45) is -4.54. The molecule has 0 bridgehead atoms. The van der Waals surface area contributed by atoms with Gasteiger partial charge in [-0.05, 0) is 42.5 Å². The van der Waals surface area contributed by atoms with Crippen molar-refractivity contribution in [3.63, 3.8) is 0 Å². The summed E-state index contributed by atoms with van der Waals surface area (Å²) in [5, 5.41) is 10.9. The molecule has 0 heterocycles. The van der Waals surface area contributed by atoms with E-state index in [4.69, 9.17) is 21.6 Å². The standard InChI is InChI=1S/C16H10ClF3N2O2/c17-13-6-3-11(16(18,19)20)7-14(13)22-15(23)9-24-12-4-1-10(8-21)2-5-12/h1-7H,9H2,(H,22,23). The van der Waals surface area contributed by atoms with Crippen LogP contribution in [0.2, 0.25) is 5.02 Å². The van der Waals surface area contributed by atoms with E-state index in [0.29, 0.717) is 11.3 Å². The lowest BCUT2D eigenvalue weighted by Crippen LogP contribution is -2.20. The molecule has 1 N–H and O–H groups in total. The Bertz CT molecular complexity index is 783. The summed E-state index contributed by atoms with van der Waals surface area (Å²) < 4.78 is 43.2. The van der Waals surface area contributed by atoms with Crippen LogP contribution in [0.3, 0.4) is 0 Å². The number of rotatable bonds is 4. The third kappa shape index (κ3) is 4.64. The molecule has 0 aromatic heterocycles. The maximum Gasteiger partial charge on any atom is 0.416 e. The van der Waals surface area contributed by atoms with Gasteiger partial charge in [0.15, 0.2) is 6.61 Å². The van der Waals surface area contributed by atoms with E-state index in [0.717, 1.165) is 18.2 Å². The zero-order chi connectivity index (χ0) is 17.7. The zero-order valence-electron chi connectivity index (χ0n) is 12.0. The number of halogens is 4. The molecule has 0 aliphatic rings. The van der Waals surface area contributed by atoms with Crippen molar-refractivity contribution in [2.24, 2.45) is 0 Å². The average Bonchev–Trinajstić information content (AvgIpc) is 2.54. The van der Waals surface area contributed by atoms with Crippen LogP contribution < -0.4 is 10.1 Å². The Labute approximate surface area is 140 Å². The van der Waals surface area contributed by atoms with Gasteiger partial charge in [0, 0.05) is 0 Å². The van der Waals surface area contributed by atoms with Crippen LogP contribution in [0.4, 0.5) is 18.9 Å². The van der Waals surface area contributed by atoms with Gasteiger partial charge >= 0.3 is 6.18 Å². The summed E-state index contributed by atoms with van der Waals surface area (Å²) in [7, 11) is 0. The van der Waals surface area contributed by atoms with E-state index in [1.165, 1.54) is 24.3 Å². The molecular weight excluding hydrogens is 345 g/mol. The minimum absolute atomic E-state index is 0.0188. The second-order valence-electron chi connectivity index (χ2n) is 4.67. The number of carbonyl (C=O) groups is 1. The van der Waals surface area contributed by atoms with Gasteiger partial charge in [-0.2, -0.15) is 18.4 Å². The fourth-order valence-corrected chi connectivity index (χ4v) is 1.92. The van der Waals surface area contributed by atoms with Gasteiger partial charge in [0.05, 0.1) is 27.9 Å². The first-order chi connectivity index (χ1) is 11.3. The third-order valence-electron chi connectivity index (χ3n) is 2.92. The first kappa shape index (κ1) is 17.6. The molecule has 2 aromatic rings. The van der Waals surface area contributed by atoms with Crippen LogP contribution in [0.1, 0.15) is 11.1 Å². The monoisotopic (exact) mass is 354 g/mol. The van der Waals surface area contributed by atoms with E-state index in [-0.39, 0.29) is 10.7 Å². The molecule has 24 heavy (non-hydrogen) atoms. The first-order valence-corrected chi connectivity index (χ1v) is 6.97. The number of carbonyl (C=O) groups excluding carboxylic acids is 1. The van der Waals surface area contributed by atoms with Crippen molar-refractivity contribution in [3.05, 3.63) is 58.6 Å². The summed E-state index contributed by atoms with van der Waals surface area (Å²) >= 11 is 5.79. The van der Waals surface area contributed by atoms with Crippen molar-refractivity contribution in [2.75, 3.05) is 11.9 Å². The number of hydrogen-bond acceptors (Lipinski definition) is 3. The van der Waals surface area contributed by atoms with Gasteiger partial charge in [-0.25, -0.2) is 0 Å². The van der Waals surface area contributed by atoms with E-state index >= 15 is 0 Å². The highest BCUT2D eigenvalue weighted by atomic mass is 35.5. The van der Waals surface area contributed by atoms with Gasteiger partial charge in [-0.3, -0.25) is 4.79 Å². The highest BCUT2D eigenvalue weighted by Gasteiger charge is 2.31. The van der Waals surface area contributed by atoms with Crippen LogP contribution in [0, 0.1) is 11.3 Å². The van der Waals surface area contributed by atoms with Gasteiger partial charge in [-0.1, -0.05) is 11.6 Å². The predicted octanol–water partition coefficient (Wildman–Crippen LogP) is 4.25. The van der Waals surface area contributed by atoms with E-state index < -0.39 is 24.3 Å². The van der Waals surface area contributed by atoms with Gasteiger partial charge in [0.25, 0.3) is 5.91 Å². The number of nitrogens with one attached hydrogen (secondary N) is 1. The number of benzene rings is 2. The molecule has 0 atom stereocenters. The summed E-state index contributed by atoms with van der Waals surface area (Å²) in [4.78, 5) is 11.8. The normalized spacial score (nSPS) is 10.8. The molecule has 124 valence electrons. The number of amides is 1. The average molecular weight is 355 g/mol. The third-order valence-corrected chi connectivity index (χ3v) is 3.25. The van der Waals surface area contributed by atoms with Crippen LogP contribution in [-0.2, 0) is 11.0 Å². The fraction of sp³-hybridized carbons (Fsp3) is 0.125. The van der Waals surface area contributed by atoms with Crippen LogP contribution in [0.5, 0.6) is 5.75 Å². The Morgan fingerprint density at radius 1 is 1.21 bits per heavy atom. The SMILES string of the molecule is N#Cc1ccc(OCC(=O)Nc2cc(C(F)(F)F)ccc2Cl)cc1. The number of alkyl halides is 3. The van der Waals surface area contributed by atoms with Gasteiger partial charge in [0.1, 0.15) is 5.75 Å². The molecule has 4 nitrogen and oxygen atoms in total.